The maximum atomic E-state index is 12.9. The number of hydrogen-bond acceptors (Lipinski definition) is 3. The fourth-order valence-electron chi connectivity index (χ4n) is 2.93. The number of nitrogens with zero attached hydrogens (tertiary/aromatic N) is 1. The van der Waals surface area contributed by atoms with E-state index in [0.29, 0.717) is 11.0 Å². The largest absolute Gasteiger partial charge is 0.507 e. The Balaban J connectivity index is 1.43. The van der Waals surface area contributed by atoms with E-state index in [-0.39, 0.29) is 5.82 Å². The molecular formula is C19H22FNOS. The van der Waals surface area contributed by atoms with Crippen LogP contribution in [0.4, 0.5) is 4.39 Å². The number of rotatable bonds is 5. The van der Waals surface area contributed by atoms with Crippen LogP contribution in [0.15, 0.2) is 53.4 Å². The first kappa shape index (κ1) is 16.3. The van der Waals surface area contributed by atoms with Gasteiger partial charge < -0.3 is 10.0 Å². The summed E-state index contributed by atoms with van der Waals surface area (Å²) in [5.74, 6) is 0.215. The molecule has 2 aromatic carbocycles. The van der Waals surface area contributed by atoms with Crippen molar-refractivity contribution in [1.82, 2.24) is 4.90 Å². The van der Waals surface area contributed by atoms with Gasteiger partial charge in [0.1, 0.15) is 11.6 Å². The van der Waals surface area contributed by atoms with Gasteiger partial charge in [0.05, 0.1) is 0 Å². The van der Waals surface area contributed by atoms with Gasteiger partial charge in [0, 0.05) is 16.7 Å². The molecule has 2 aromatic rings. The van der Waals surface area contributed by atoms with E-state index >= 15 is 0 Å². The number of halogens is 1. The number of aromatic hydroxyl groups is 1. The minimum Gasteiger partial charge on any atom is -0.507 e. The predicted octanol–water partition coefficient (Wildman–Crippen LogP) is 4.33. The lowest BCUT2D eigenvalue weighted by atomic mass is 10.1. The third-order valence-corrected chi connectivity index (χ3v) is 5.73. The SMILES string of the molecule is Oc1ccccc1SC1CCN(CCc2ccc(F)cc2)CC1. The quantitative estimate of drug-likeness (QED) is 0.882. The molecule has 0 aromatic heterocycles. The number of thioether (sulfide) groups is 1. The van der Waals surface area contributed by atoms with Crippen LogP contribution in [-0.2, 0) is 6.42 Å². The Hall–Kier alpha value is -1.52. The highest BCUT2D eigenvalue weighted by molar-refractivity contribution is 8.00. The number of phenols is 1. The van der Waals surface area contributed by atoms with Crippen LogP contribution >= 0.6 is 11.8 Å². The minimum absolute atomic E-state index is 0.171. The van der Waals surface area contributed by atoms with E-state index in [1.807, 2.05) is 30.3 Å². The molecule has 0 unspecified atom stereocenters. The lowest BCUT2D eigenvalue weighted by Gasteiger charge is -2.31. The zero-order valence-electron chi connectivity index (χ0n) is 13.1. The first-order valence-electron chi connectivity index (χ1n) is 8.12. The first-order chi connectivity index (χ1) is 11.2. The fourth-order valence-corrected chi connectivity index (χ4v) is 4.08. The van der Waals surface area contributed by atoms with Gasteiger partial charge in [-0.25, -0.2) is 4.39 Å². The second-order valence-corrected chi connectivity index (χ2v) is 7.35. The summed E-state index contributed by atoms with van der Waals surface area (Å²) in [5, 5.41) is 10.4. The van der Waals surface area contributed by atoms with Crippen LogP contribution < -0.4 is 0 Å². The van der Waals surface area contributed by atoms with Crippen molar-refractivity contribution in [3.05, 3.63) is 59.9 Å². The number of likely N-dealkylation sites (tertiary alicyclic amines) is 1. The second-order valence-electron chi connectivity index (χ2n) is 6.00. The monoisotopic (exact) mass is 331 g/mol. The first-order valence-corrected chi connectivity index (χ1v) is 9.00. The Morgan fingerprint density at radius 2 is 1.74 bits per heavy atom. The summed E-state index contributed by atoms with van der Waals surface area (Å²) >= 11 is 1.79. The van der Waals surface area contributed by atoms with Crippen molar-refractivity contribution in [2.45, 2.75) is 29.4 Å². The Morgan fingerprint density at radius 3 is 2.43 bits per heavy atom. The van der Waals surface area contributed by atoms with Gasteiger partial charge in [-0.3, -0.25) is 0 Å². The normalized spacial score (nSPS) is 16.6. The predicted molar refractivity (Wildman–Crippen MR) is 93.5 cm³/mol. The van der Waals surface area contributed by atoms with Gasteiger partial charge in [-0.1, -0.05) is 24.3 Å². The van der Waals surface area contributed by atoms with Crippen molar-refractivity contribution in [1.29, 1.82) is 0 Å². The van der Waals surface area contributed by atoms with Crippen molar-refractivity contribution in [3.8, 4) is 5.75 Å². The van der Waals surface area contributed by atoms with Crippen molar-refractivity contribution < 1.29 is 9.50 Å². The van der Waals surface area contributed by atoms with E-state index in [4.69, 9.17) is 0 Å². The summed E-state index contributed by atoms with van der Waals surface area (Å²) in [4.78, 5) is 3.46. The minimum atomic E-state index is -0.171. The number of para-hydroxylation sites is 1. The Kier molecular flexibility index (Phi) is 5.57. The van der Waals surface area contributed by atoms with E-state index in [1.54, 1.807) is 17.8 Å². The van der Waals surface area contributed by atoms with Crippen LogP contribution in [0.2, 0.25) is 0 Å². The number of piperidine rings is 1. The average Bonchev–Trinajstić information content (AvgIpc) is 2.58. The van der Waals surface area contributed by atoms with E-state index in [2.05, 4.69) is 4.90 Å². The molecule has 4 heteroatoms. The van der Waals surface area contributed by atoms with Crippen LogP contribution in [0.25, 0.3) is 0 Å². The third kappa shape index (κ3) is 4.72. The molecule has 23 heavy (non-hydrogen) atoms. The molecule has 2 nitrogen and oxygen atoms in total. The molecule has 0 bridgehead atoms. The molecule has 1 saturated heterocycles. The van der Waals surface area contributed by atoms with Crippen molar-refractivity contribution in [3.63, 3.8) is 0 Å². The molecular weight excluding hydrogens is 309 g/mol. The molecule has 1 fully saturated rings. The zero-order valence-corrected chi connectivity index (χ0v) is 13.9. The smallest absolute Gasteiger partial charge is 0.129 e. The van der Waals surface area contributed by atoms with Crippen LogP contribution in [0, 0.1) is 5.82 Å². The van der Waals surface area contributed by atoms with Gasteiger partial charge in [-0.05, 0) is 62.2 Å². The Bertz CT molecular complexity index is 624. The summed E-state index contributed by atoms with van der Waals surface area (Å²) in [6.07, 6.45) is 3.25. The molecule has 0 atom stereocenters. The van der Waals surface area contributed by atoms with Crippen LogP contribution in [0.5, 0.6) is 5.75 Å². The van der Waals surface area contributed by atoms with Crippen LogP contribution in [-0.4, -0.2) is 34.9 Å². The summed E-state index contributed by atoms with van der Waals surface area (Å²) in [5.41, 5.74) is 1.19. The maximum absolute atomic E-state index is 12.9. The Morgan fingerprint density at radius 1 is 1.04 bits per heavy atom. The second kappa shape index (κ2) is 7.84. The molecule has 3 rings (SSSR count). The topological polar surface area (TPSA) is 23.5 Å². The van der Waals surface area contributed by atoms with Crippen LogP contribution in [0.1, 0.15) is 18.4 Å². The molecule has 1 heterocycles. The highest BCUT2D eigenvalue weighted by Crippen LogP contribution is 2.35. The maximum Gasteiger partial charge on any atom is 0.129 e. The molecule has 0 amide bonds. The van der Waals surface area contributed by atoms with E-state index < -0.39 is 0 Å². The van der Waals surface area contributed by atoms with E-state index in [1.165, 1.54) is 17.7 Å². The molecule has 122 valence electrons. The van der Waals surface area contributed by atoms with Gasteiger partial charge >= 0.3 is 0 Å². The standard InChI is InChI=1S/C19H22FNOS/c20-16-7-5-15(6-8-16)9-12-21-13-10-17(11-14-21)23-19-4-2-1-3-18(19)22/h1-8,17,22H,9-14H2. The van der Waals surface area contributed by atoms with Crippen molar-refractivity contribution in [2.24, 2.45) is 0 Å². The number of hydrogen-bond donors (Lipinski definition) is 1. The number of phenolic OH excluding ortho intramolecular Hbond substituents is 1. The molecule has 0 aliphatic carbocycles. The molecule has 0 saturated carbocycles. The molecule has 0 spiro atoms. The Labute approximate surface area is 141 Å². The number of benzene rings is 2. The van der Waals surface area contributed by atoms with E-state index in [0.717, 1.165) is 43.8 Å². The lowest BCUT2D eigenvalue weighted by molar-refractivity contribution is 0.235. The molecule has 1 N–H and O–H groups in total. The van der Waals surface area contributed by atoms with Crippen molar-refractivity contribution in [2.75, 3.05) is 19.6 Å². The third-order valence-electron chi connectivity index (χ3n) is 4.32. The molecule has 1 aliphatic heterocycles. The summed E-state index contributed by atoms with van der Waals surface area (Å²) < 4.78 is 12.9. The van der Waals surface area contributed by atoms with Gasteiger partial charge in [0.2, 0.25) is 0 Å². The van der Waals surface area contributed by atoms with E-state index in [9.17, 15) is 9.50 Å². The zero-order chi connectivity index (χ0) is 16.1. The van der Waals surface area contributed by atoms with Gasteiger partial charge in [0.25, 0.3) is 0 Å². The average molecular weight is 331 g/mol. The molecule has 1 aliphatic rings. The van der Waals surface area contributed by atoms with Gasteiger partial charge in [0.15, 0.2) is 0 Å². The summed E-state index contributed by atoms with van der Waals surface area (Å²) in [6, 6.07) is 14.4. The fraction of sp³-hybridized carbons (Fsp3) is 0.368. The highest BCUT2D eigenvalue weighted by atomic mass is 32.2. The molecule has 0 radical (unpaired) electrons. The van der Waals surface area contributed by atoms with Crippen molar-refractivity contribution >= 4 is 11.8 Å². The lowest BCUT2D eigenvalue weighted by Crippen LogP contribution is -2.36. The highest BCUT2D eigenvalue weighted by Gasteiger charge is 2.20. The van der Waals surface area contributed by atoms with Gasteiger partial charge in [-0.2, -0.15) is 0 Å². The summed E-state index contributed by atoms with van der Waals surface area (Å²) in [6.45, 7) is 3.21. The van der Waals surface area contributed by atoms with Crippen LogP contribution in [0.3, 0.4) is 0 Å². The van der Waals surface area contributed by atoms with Gasteiger partial charge in [-0.15, -0.1) is 11.8 Å². The summed E-state index contributed by atoms with van der Waals surface area (Å²) in [7, 11) is 0.